The highest BCUT2D eigenvalue weighted by Crippen LogP contribution is 2.28. The highest BCUT2D eigenvalue weighted by molar-refractivity contribution is 7.80. The van der Waals surface area contributed by atoms with E-state index in [4.69, 9.17) is 28.6 Å². The maximum absolute atomic E-state index is 12.0. The van der Waals surface area contributed by atoms with Gasteiger partial charge in [-0.15, -0.1) is 0 Å². The Hall–Kier alpha value is -2.31. The van der Waals surface area contributed by atoms with Crippen molar-refractivity contribution in [3.63, 3.8) is 0 Å². The molecule has 2 aromatic rings. The predicted octanol–water partition coefficient (Wildman–Crippen LogP) is 3.83. The Morgan fingerprint density at radius 1 is 1.12 bits per heavy atom. The van der Waals surface area contributed by atoms with Gasteiger partial charge in [-0.2, -0.15) is 0 Å². The Morgan fingerprint density at radius 3 is 2.54 bits per heavy atom. The quantitative estimate of drug-likeness (QED) is 0.761. The number of ether oxygens (including phenoxy) is 1. The van der Waals surface area contributed by atoms with Crippen molar-refractivity contribution in [1.29, 1.82) is 0 Å². The molecule has 1 aliphatic rings. The number of para-hydroxylation sites is 2. The molecule has 0 unspecified atom stereocenters. The van der Waals surface area contributed by atoms with Gasteiger partial charge in [-0.3, -0.25) is 10.1 Å². The minimum Gasteiger partial charge on any atom is -0.484 e. The van der Waals surface area contributed by atoms with Crippen LogP contribution in [-0.4, -0.2) is 30.7 Å². The third-order valence-electron chi connectivity index (χ3n) is 4.04. The van der Waals surface area contributed by atoms with Gasteiger partial charge in [0.1, 0.15) is 5.75 Å². The Labute approximate surface area is 163 Å². The van der Waals surface area contributed by atoms with Crippen LogP contribution in [0.15, 0.2) is 48.5 Å². The van der Waals surface area contributed by atoms with Crippen molar-refractivity contribution in [2.24, 2.45) is 0 Å². The molecule has 0 atom stereocenters. The van der Waals surface area contributed by atoms with Gasteiger partial charge in [-0.1, -0.05) is 23.7 Å². The summed E-state index contributed by atoms with van der Waals surface area (Å²) in [6.07, 6.45) is 2.38. The fourth-order valence-corrected chi connectivity index (χ4v) is 3.16. The van der Waals surface area contributed by atoms with Crippen LogP contribution in [0.3, 0.4) is 0 Å². The Morgan fingerprint density at radius 2 is 1.81 bits per heavy atom. The zero-order valence-electron chi connectivity index (χ0n) is 14.2. The summed E-state index contributed by atoms with van der Waals surface area (Å²) in [5.74, 6) is 0.249. The molecule has 7 heteroatoms. The number of thiocarbonyl (C=S) groups is 1. The number of rotatable bonds is 5. The molecule has 0 bridgehead atoms. The largest absolute Gasteiger partial charge is 0.484 e. The number of hydrogen-bond acceptors (Lipinski definition) is 4. The number of benzene rings is 2. The van der Waals surface area contributed by atoms with Crippen molar-refractivity contribution in [3.8, 4) is 5.75 Å². The van der Waals surface area contributed by atoms with Gasteiger partial charge in [-0.25, -0.2) is 0 Å². The molecule has 0 aliphatic carbocycles. The smallest absolute Gasteiger partial charge is 0.264 e. The van der Waals surface area contributed by atoms with Gasteiger partial charge in [0.25, 0.3) is 5.91 Å². The second-order valence-corrected chi connectivity index (χ2v) is 6.80. The molecule has 0 aromatic heterocycles. The summed E-state index contributed by atoms with van der Waals surface area (Å²) in [7, 11) is 0. The molecule has 1 saturated heterocycles. The fraction of sp³-hybridized carbons (Fsp3) is 0.263. The maximum Gasteiger partial charge on any atom is 0.264 e. The number of nitrogens with zero attached hydrogens (tertiary/aromatic N) is 1. The van der Waals surface area contributed by atoms with Gasteiger partial charge in [0.05, 0.1) is 11.4 Å². The van der Waals surface area contributed by atoms with Crippen molar-refractivity contribution >= 4 is 46.2 Å². The third-order valence-corrected chi connectivity index (χ3v) is 4.49. The highest BCUT2D eigenvalue weighted by Gasteiger charge is 2.16. The molecule has 3 rings (SSSR count). The number of amides is 1. The van der Waals surface area contributed by atoms with Crippen molar-refractivity contribution in [2.75, 3.05) is 29.9 Å². The van der Waals surface area contributed by atoms with E-state index in [9.17, 15) is 4.79 Å². The third kappa shape index (κ3) is 5.09. The van der Waals surface area contributed by atoms with Gasteiger partial charge < -0.3 is 15.0 Å². The zero-order chi connectivity index (χ0) is 18.4. The van der Waals surface area contributed by atoms with E-state index in [1.165, 1.54) is 12.8 Å². The Balaban J connectivity index is 1.52. The number of hydrogen-bond donors (Lipinski definition) is 2. The van der Waals surface area contributed by atoms with Crippen molar-refractivity contribution < 1.29 is 9.53 Å². The van der Waals surface area contributed by atoms with E-state index < -0.39 is 0 Å². The summed E-state index contributed by atoms with van der Waals surface area (Å²) in [6, 6.07) is 14.8. The zero-order valence-corrected chi connectivity index (χ0v) is 15.8. The molecule has 1 amide bonds. The minimum absolute atomic E-state index is 0.128. The first kappa shape index (κ1) is 18.5. The normalized spacial score (nSPS) is 13.3. The molecule has 0 saturated carbocycles. The summed E-state index contributed by atoms with van der Waals surface area (Å²) < 4.78 is 5.41. The number of halogens is 1. The number of anilines is 2. The lowest BCUT2D eigenvalue weighted by atomic mass is 10.2. The van der Waals surface area contributed by atoms with Crippen LogP contribution in [0.4, 0.5) is 11.4 Å². The summed E-state index contributed by atoms with van der Waals surface area (Å²) >= 11 is 11.1. The van der Waals surface area contributed by atoms with Crippen molar-refractivity contribution in [2.45, 2.75) is 12.8 Å². The fourth-order valence-electron chi connectivity index (χ4n) is 2.81. The first-order valence-corrected chi connectivity index (χ1v) is 9.23. The molecule has 1 fully saturated rings. The number of carbonyl (C=O) groups excluding carboxylic acids is 1. The van der Waals surface area contributed by atoms with Crippen molar-refractivity contribution in [3.05, 3.63) is 53.6 Å². The molecule has 2 aromatic carbocycles. The van der Waals surface area contributed by atoms with Gasteiger partial charge in [0, 0.05) is 18.1 Å². The minimum atomic E-state index is -0.323. The second kappa shape index (κ2) is 8.87. The number of carbonyl (C=O) groups is 1. The van der Waals surface area contributed by atoms with Crippen LogP contribution in [-0.2, 0) is 4.79 Å². The Bertz CT molecular complexity index is 777. The van der Waals surface area contributed by atoms with Crippen LogP contribution in [0.25, 0.3) is 0 Å². The predicted molar refractivity (Wildman–Crippen MR) is 109 cm³/mol. The van der Waals surface area contributed by atoms with E-state index in [1.54, 1.807) is 24.3 Å². The first-order valence-electron chi connectivity index (χ1n) is 8.45. The lowest BCUT2D eigenvalue weighted by molar-refractivity contribution is -0.121. The van der Waals surface area contributed by atoms with Gasteiger partial charge in [0.2, 0.25) is 0 Å². The lowest BCUT2D eigenvalue weighted by Crippen LogP contribution is -2.37. The van der Waals surface area contributed by atoms with Crippen LogP contribution < -0.4 is 20.3 Å². The average Bonchev–Trinajstić information content (AvgIpc) is 3.16. The monoisotopic (exact) mass is 389 g/mol. The molecule has 1 heterocycles. The van der Waals surface area contributed by atoms with E-state index in [2.05, 4.69) is 21.6 Å². The van der Waals surface area contributed by atoms with E-state index in [0.717, 1.165) is 24.5 Å². The SMILES string of the molecule is O=C(COc1ccc(Cl)cc1)NC(=S)Nc1ccccc1N1CCCC1. The lowest BCUT2D eigenvalue weighted by Gasteiger charge is -2.22. The topological polar surface area (TPSA) is 53.6 Å². The second-order valence-electron chi connectivity index (χ2n) is 5.96. The van der Waals surface area contributed by atoms with E-state index >= 15 is 0 Å². The summed E-state index contributed by atoms with van der Waals surface area (Å²) in [6.45, 7) is 1.94. The molecule has 0 radical (unpaired) electrons. The molecule has 2 N–H and O–H groups in total. The first-order chi connectivity index (χ1) is 12.6. The van der Waals surface area contributed by atoms with Crippen LogP contribution in [0.5, 0.6) is 5.75 Å². The van der Waals surface area contributed by atoms with Crippen LogP contribution >= 0.6 is 23.8 Å². The van der Waals surface area contributed by atoms with Gasteiger partial charge in [0.15, 0.2) is 11.7 Å². The van der Waals surface area contributed by atoms with Crippen LogP contribution in [0.1, 0.15) is 12.8 Å². The summed E-state index contributed by atoms with van der Waals surface area (Å²) in [5, 5.41) is 6.61. The average molecular weight is 390 g/mol. The molecule has 136 valence electrons. The molecule has 1 aliphatic heterocycles. The van der Waals surface area contributed by atoms with E-state index in [-0.39, 0.29) is 17.6 Å². The van der Waals surface area contributed by atoms with Crippen LogP contribution in [0, 0.1) is 0 Å². The Kier molecular flexibility index (Phi) is 6.30. The number of nitrogens with one attached hydrogen (secondary N) is 2. The molecular formula is C19H20ClN3O2S. The molecule has 0 spiro atoms. The summed E-state index contributed by atoms with van der Waals surface area (Å²) in [5.41, 5.74) is 1.98. The van der Waals surface area contributed by atoms with Crippen molar-refractivity contribution in [1.82, 2.24) is 5.32 Å². The summed E-state index contributed by atoms with van der Waals surface area (Å²) in [4.78, 5) is 14.3. The maximum atomic E-state index is 12.0. The van der Waals surface area contributed by atoms with Gasteiger partial charge in [-0.05, 0) is 61.5 Å². The van der Waals surface area contributed by atoms with Crippen LogP contribution in [0.2, 0.25) is 5.02 Å². The molecule has 26 heavy (non-hydrogen) atoms. The standard InChI is InChI=1S/C19H20ClN3O2S/c20-14-7-9-15(10-8-14)25-13-18(24)22-19(26)21-16-5-1-2-6-17(16)23-11-3-4-12-23/h1-2,5-10H,3-4,11-13H2,(H2,21,22,24,26). The highest BCUT2D eigenvalue weighted by atomic mass is 35.5. The molecule has 5 nitrogen and oxygen atoms in total. The van der Waals surface area contributed by atoms with Gasteiger partial charge >= 0.3 is 0 Å². The molecular weight excluding hydrogens is 370 g/mol. The van der Waals surface area contributed by atoms with E-state index in [0.29, 0.717) is 10.8 Å². The van der Waals surface area contributed by atoms with E-state index in [1.807, 2.05) is 18.2 Å².